The summed E-state index contributed by atoms with van der Waals surface area (Å²) in [5, 5.41) is 4.26. The lowest BCUT2D eigenvalue weighted by Crippen LogP contribution is -2.24. The molecule has 138 valence electrons. The van der Waals surface area contributed by atoms with Gasteiger partial charge in [0.2, 0.25) is 0 Å². The van der Waals surface area contributed by atoms with Gasteiger partial charge in [-0.2, -0.15) is 5.10 Å². The lowest BCUT2D eigenvalue weighted by atomic mass is 10.1. The topological polar surface area (TPSA) is 56.6 Å². The Labute approximate surface area is 155 Å². The summed E-state index contributed by atoms with van der Waals surface area (Å²) in [4.78, 5) is 14.1. The predicted octanol–water partition coefficient (Wildman–Crippen LogP) is 3.31. The smallest absolute Gasteiger partial charge is 0.259 e. The summed E-state index contributed by atoms with van der Waals surface area (Å²) in [6, 6.07) is 11.6. The Kier molecular flexibility index (Phi) is 4.27. The van der Waals surface area contributed by atoms with Gasteiger partial charge in [-0.3, -0.25) is 9.48 Å². The first-order valence-electron chi connectivity index (χ1n) is 8.45. The predicted molar refractivity (Wildman–Crippen MR) is 97.4 cm³/mol. The molecule has 0 fully saturated rings. The number of hydrogen-bond acceptors (Lipinski definition) is 4. The van der Waals surface area contributed by atoms with Gasteiger partial charge in [-0.05, 0) is 42.0 Å². The molecule has 0 radical (unpaired) electrons. The maximum absolute atomic E-state index is 14.4. The standard InChI is InChI=1S/C20H18FN3O3/c1-23-8-7-14(22-23)12-27-16-3-5-17-13(9-16)11-24(20(17)25)19-6-4-15(26-2)10-18(19)21/h3-10H,11-12H2,1-2H3. The van der Waals surface area contributed by atoms with Crippen LogP contribution in [0.1, 0.15) is 21.6 Å². The minimum atomic E-state index is -0.498. The number of benzene rings is 2. The number of carbonyl (C=O) groups excluding carboxylic acids is 1. The molecule has 0 N–H and O–H groups in total. The van der Waals surface area contributed by atoms with Gasteiger partial charge < -0.3 is 14.4 Å². The van der Waals surface area contributed by atoms with Crippen LogP contribution in [-0.2, 0) is 20.2 Å². The molecule has 3 aromatic rings. The van der Waals surface area contributed by atoms with E-state index >= 15 is 0 Å². The van der Waals surface area contributed by atoms with Crippen LogP contribution < -0.4 is 14.4 Å². The third-order valence-electron chi connectivity index (χ3n) is 4.48. The van der Waals surface area contributed by atoms with E-state index in [1.165, 1.54) is 18.1 Å². The van der Waals surface area contributed by atoms with Gasteiger partial charge in [0, 0.05) is 24.9 Å². The molecule has 1 aliphatic rings. The van der Waals surface area contributed by atoms with E-state index in [0.717, 1.165) is 11.3 Å². The molecule has 4 rings (SSSR count). The highest BCUT2D eigenvalue weighted by molar-refractivity contribution is 6.10. The second kappa shape index (κ2) is 6.75. The van der Waals surface area contributed by atoms with Crippen molar-refractivity contribution in [2.45, 2.75) is 13.2 Å². The van der Waals surface area contributed by atoms with Crippen molar-refractivity contribution in [2.75, 3.05) is 12.0 Å². The molecule has 7 heteroatoms. The zero-order valence-electron chi connectivity index (χ0n) is 15.0. The summed E-state index contributed by atoms with van der Waals surface area (Å²) in [5.74, 6) is 0.322. The van der Waals surface area contributed by atoms with Crippen LogP contribution in [0.4, 0.5) is 10.1 Å². The van der Waals surface area contributed by atoms with Crippen LogP contribution in [0.15, 0.2) is 48.7 Å². The number of halogens is 1. The molecule has 27 heavy (non-hydrogen) atoms. The van der Waals surface area contributed by atoms with Gasteiger partial charge in [-0.1, -0.05) is 0 Å². The van der Waals surface area contributed by atoms with Crippen LogP contribution >= 0.6 is 0 Å². The molecule has 0 saturated heterocycles. The van der Waals surface area contributed by atoms with Gasteiger partial charge in [0.05, 0.1) is 25.0 Å². The molecule has 6 nitrogen and oxygen atoms in total. The molecule has 1 amide bonds. The normalized spacial score (nSPS) is 13.0. The molecular formula is C20H18FN3O3. The summed E-state index contributed by atoms with van der Waals surface area (Å²) in [7, 11) is 3.31. The van der Waals surface area contributed by atoms with Crippen LogP contribution in [0.2, 0.25) is 0 Å². The quantitative estimate of drug-likeness (QED) is 0.694. The van der Waals surface area contributed by atoms with Gasteiger partial charge in [-0.15, -0.1) is 0 Å². The lowest BCUT2D eigenvalue weighted by molar-refractivity contribution is 0.0995. The van der Waals surface area contributed by atoms with Crippen LogP contribution in [-0.4, -0.2) is 22.8 Å². The zero-order chi connectivity index (χ0) is 19.0. The Morgan fingerprint density at radius 2 is 1.96 bits per heavy atom. The molecule has 0 atom stereocenters. The lowest BCUT2D eigenvalue weighted by Gasteiger charge is -2.17. The van der Waals surface area contributed by atoms with E-state index < -0.39 is 5.82 Å². The fourth-order valence-corrected chi connectivity index (χ4v) is 3.11. The number of aryl methyl sites for hydroxylation is 1. The van der Waals surface area contributed by atoms with Crippen LogP contribution in [0.25, 0.3) is 0 Å². The van der Waals surface area contributed by atoms with Gasteiger partial charge >= 0.3 is 0 Å². The van der Waals surface area contributed by atoms with Crippen molar-refractivity contribution in [3.05, 3.63) is 71.3 Å². The average Bonchev–Trinajstić information content (AvgIpc) is 3.23. The van der Waals surface area contributed by atoms with Gasteiger partial charge in [0.25, 0.3) is 5.91 Å². The summed E-state index contributed by atoms with van der Waals surface area (Å²) in [6.45, 7) is 0.628. The van der Waals surface area contributed by atoms with E-state index in [9.17, 15) is 9.18 Å². The van der Waals surface area contributed by atoms with Crippen molar-refractivity contribution in [2.24, 2.45) is 7.05 Å². The molecule has 0 saturated carbocycles. The van der Waals surface area contributed by atoms with Gasteiger partial charge in [-0.25, -0.2) is 4.39 Å². The van der Waals surface area contributed by atoms with Crippen LogP contribution in [0.3, 0.4) is 0 Å². The van der Waals surface area contributed by atoms with Crippen molar-refractivity contribution >= 4 is 11.6 Å². The summed E-state index contributed by atoms with van der Waals surface area (Å²) < 4.78 is 26.9. The molecule has 1 aliphatic heterocycles. The molecular weight excluding hydrogens is 349 g/mol. The fourth-order valence-electron chi connectivity index (χ4n) is 3.11. The number of carbonyl (C=O) groups is 1. The number of hydrogen-bond donors (Lipinski definition) is 0. The monoisotopic (exact) mass is 367 g/mol. The molecule has 2 aromatic carbocycles. The highest BCUT2D eigenvalue weighted by Crippen LogP contribution is 2.33. The summed E-state index contributed by atoms with van der Waals surface area (Å²) in [5.41, 5.74) is 2.40. The molecule has 1 aromatic heterocycles. The number of fused-ring (bicyclic) bond motifs is 1. The van der Waals surface area contributed by atoms with Crippen LogP contribution in [0, 0.1) is 5.82 Å². The number of methoxy groups -OCH3 is 1. The van der Waals surface area contributed by atoms with Crippen molar-refractivity contribution < 1.29 is 18.7 Å². The molecule has 0 spiro atoms. The Morgan fingerprint density at radius 3 is 2.67 bits per heavy atom. The van der Waals surface area contributed by atoms with E-state index in [-0.39, 0.29) is 18.1 Å². The molecule has 0 aliphatic carbocycles. The number of aromatic nitrogens is 2. The highest BCUT2D eigenvalue weighted by atomic mass is 19.1. The third kappa shape index (κ3) is 3.23. The second-order valence-corrected chi connectivity index (χ2v) is 6.30. The first-order chi connectivity index (χ1) is 13.0. The SMILES string of the molecule is COc1ccc(N2Cc3cc(OCc4ccn(C)n4)ccc3C2=O)c(F)c1. The molecule has 2 heterocycles. The Hall–Kier alpha value is -3.35. The fraction of sp³-hybridized carbons (Fsp3) is 0.200. The Balaban J connectivity index is 1.53. The third-order valence-corrected chi connectivity index (χ3v) is 4.48. The van der Waals surface area contributed by atoms with E-state index in [0.29, 0.717) is 23.7 Å². The van der Waals surface area contributed by atoms with Crippen molar-refractivity contribution in [3.63, 3.8) is 0 Å². The zero-order valence-corrected chi connectivity index (χ0v) is 15.0. The number of anilines is 1. The number of rotatable bonds is 5. The van der Waals surface area contributed by atoms with Crippen molar-refractivity contribution in [1.82, 2.24) is 9.78 Å². The minimum absolute atomic E-state index is 0.230. The van der Waals surface area contributed by atoms with E-state index in [1.807, 2.05) is 25.4 Å². The number of nitrogens with zero attached hydrogens (tertiary/aromatic N) is 3. The van der Waals surface area contributed by atoms with Gasteiger partial charge in [0.15, 0.2) is 5.82 Å². The largest absolute Gasteiger partial charge is 0.497 e. The maximum atomic E-state index is 14.4. The molecule has 0 unspecified atom stereocenters. The summed E-state index contributed by atoms with van der Waals surface area (Å²) in [6.07, 6.45) is 1.85. The Morgan fingerprint density at radius 1 is 1.15 bits per heavy atom. The molecule has 0 bridgehead atoms. The second-order valence-electron chi connectivity index (χ2n) is 6.30. The number of ether oxygens (including phenoxy) is 2. The van der Waals surface area contributed by atoms with E-state index in [1.54, 1.807) is 28.9 Å². The summed E-state index contributed by atoms with van der Waals surface area (Å²) >= 11 is 0. The first-order valence-corrected chi connectivity index (χ1v) is 8.45. The highest BCUT2D eigenvalue weighted by Gasteiger charge is 2.30. The van der Waals surface area contributed by atoms with Crippen LogP contribution in [0.5, 0.6) is 11.5 Å². The maximum Gasteiger partial charge on any atom is 0.259 e. The van der Waals surface area contributed by atoms with Crippen molar-refractivity contribution in [1.29, 1.82) is 0 Å². The van der Waals surface area contributed by atoms with E-state index in [4.69, 9.17) is 9.47 Å². The minimum Gasteiger partial charge on any atom is -0.497 e. The first kappa shape index (κ1) is 17.1. The van der Waals surface area contributed by atoms with Crippen molar-refractivity contribution in [3.8, 4) is 11.5 Å². The average molecular weight is 367 g/mol. The Bertz CT molecular complexity index is 1020. The number of amides is 1. The van der Waals surface area contributed by atoms with Gasteiger partial charge in [0.1, 0.15) is 18.1 Å². The van der Waals surface area contributed by atoms with E-state index in [2.05, 4.69) is 5.10 Å².